The van der Waals surface area contributed by atoms with E-state index in [9.17, 15) is 19.1 Å². The summed E-state index contributed by atoms with van der Waals surface area (Å²) in [6, 6.07) is -0.914. The number of nitrogens with one attached hydrogen (secondary N) is 1. The number of terminal acetylenes is 1. The number of nitrogens with two attached hydrogens (primary N) is 1. The van der Waals surface area contributed by atoms with E-state index in [2.05, 4.69) is 33.1 Å². The molecule has 0 saturated carbocycles. The Morgan fingerprint density at radius 2 is 2.12 bits per heavy atom. The van der Waals surface area contributed by atoms with E-state index < -0.39 is 36.4 Å². The predicted octanol–water partition coefficient (Wildman–Crippen LogP) is 0.945. The summed E-state index contributed by atoms with van der Waals surface area (Å²) < 4.78 is 25.5. The van der Waals surface area contributed by atoms with Gasteiger partial charge < -0.3 is 30.2 Å². The molecule has 0 radical (unpaired) electrons. The summed E-state index contributed by atoms with van der Waals surface area (Å²) in [5.74, 6) is 1.18. The number of esters is 1. The molecule has 1 amide bonds. The average Bonchev–Trinajstić information content (AvgIpc) is 3.20. The largest absolute Gasteiger partial charge is 0.460 e. The topological polar surface area (TPSA) is 154 Å². The molecule has 0 aliphatic rings. The molecule has 4 N–H and O–H groups in total. The Labute approximate surface area is 197 Å². The summed E-state index contributed by atoms with van der Waals surface area (Å²) in [5.41, 5.74) is 4.13. The van der Waals surface area contributed by atoms with E-state index in [1.165, 1.54) is 24.9 Å². The van der Waals surface area contributed by atoms with Gasteiger partial charge in [0.05, 0.1) is 12.9 Å². The lowest BCUT2D eigenvalue weighted by Crippen LogP contribution is -2.50. The highest BCUT2D eigenvalue weighted by molar-refractivity contribution is 5.84. The first kappa shape index (κ1) is 26.9. The molecular formula is C22H31FN6O5. The number of unbranched alkanes of at least 4 members (excludes halogenated alkanes) is 3. The molecule has 0 fully saturated rings. The monoisotopic (exact) mass is 478 g/mol. The molecule has 2 aromatic rings. The molecule has 1 unspecified atom stereocenters. The van der Waals surface area contributed by atoms with E-state index in [-0.39, 0.29) is 29.4 Å². The van der Waals surface area contributed by atoms with Crippen molar-refractivity contribution in [1.29, 1.82) is 0 Å². The first-order valence-electron chi connectivity index (χ1n) is 11.0. The molecule has 0 spiro atoms. The van der Waals surface area contributed by atoms with Crippen molar-refractivity contribution in [2.45, 2.75) is 70.2 Å². The number of hydrogen-bond donors (Lipinski definition) is 3. The fourth-order valence-electron chi connectivity index (χ4n) is 3.28. The van der Waals surface area contributed by atoms with Crippen molar-refractivity contribution in [2.24, 2.45) is 0 Å². The second-order valence-electron chi connectivity index (χ2n) is 7.91. The van der Waals surface area contributed by atoms with Crippen LogP contribution in [-0.2, 0) is 25.6 Å². The number of amides is 1. The number of ether oxygens (including phenoxy) is 2. The molecule has 2 rings (SSSR count). The van der Waals surface area contributed by atoms with Crippen molar-refractivity contribution in [1.82, 2.24) is 24.8 Å². The number of rotatable bonds is 13. The number of anilines is 1. The summed E-state index contributed by atoms with van der Waals surface area (Å²) in [7, 11) is 1.25. The van der Waals surface area contributed by atoms with Gasteiger partial charge in [-0.3, -0.25) is 4.79 Å². The summed E-state index contributed by atoms with van der Waals surface area (Å²) in [6.07, 6.45) is 8.54. The Kier molecular flexibility index (Phi) is 9.70. The van der Waals surface area contributed by atoms with Gasteiger partial charge in [0, 0.05) is 13.5 Å². The smallest absolute Gasteiger partial charge is 0.328 e. The standard InChI is InChI=1S/C22H31FN6O5/c1-5-7-8-9-10-16(31)26-14(3)20(32)34-12-22(6-2,33-4)15(30)11-29-13-25-17-18(24)27-21(23)28-19(17)29/h2,13-15,30H,5,7-12H2,1,3-4H3,(H,26,31)(H2,24,27,28)/t14-,15-,22?/m0/s1. The van der Waals surface area contributed by atoms with Crippen LogP contribution in [0.2, 0.25) is 0 Å². The van der Waals surface area contributed by atoms with Crippen molar-refractivity contribution in [2.75, 3.05) is 19.5 Å². The van der Waals surface area contributed by atoms with Crippen molar-refractivity contribution >= 4 is 28.9 Å². The number of methoxy groups -OCH3 is 1. The fourth-order valence-corrected chi connectivity index (χ4v) is 3.28. The van der Waals surface area contributed by atoms with Crippen molar-refractivity contribution in [3.8, 4) is 12.3 Å². The Morgan fingerprint density at radius 3 is 2.76 bits per heavy atom. The number of aromatic nitrogens is 4. The van der Waals surface area contributed by atoms with Crippen LogP contribution >= 0.6 is 0 Å². The molecule has 0 saturated heterocycles. The number of hydrogen-bond acceptors (Lipinski definition) is 9. The van der Waals surface area contributed by atoms with Crippen LogP contribution in [0.25, 0.3) is 11.2 Å². The molecule has 186 valence electrons. The predicted molar refractivity (Wildman–Crippen MR) is 122 cm³/mol. The van der Waals surface area contributed by atoms with Gasteiger partial charge in [-0.05, 0) is 13.3 Å². The summed E-state index contributed by atoms with van der Waals surface area (Å²) in [4.78, 5) is 35.5. The maximum Gasteiger partial charge on any atom is 0.328 e. The molecule has 11 nitrogen and oxygen atoms in total. The SMILES string of the molecule is C#CC(COC(=O)[C@H](C)NC(=O)CCCCCC)(OC)[C@@H](O)Cn1cnc2c(N)nc(F)nc21. The zero-order valence-corrected chi connectivity index (χ0v) is 19.6. The molecule has 0 aliphatic carbocycles. The van der Waals surface area contributed by atoms with Crippen molar-refractivity contribution in [3.05, 3.63) is 12.4 Å². The molecule has 12 heteroatoms. The van der Waals surface area contributed by atoms with Gasteiger partial charge >= 0.3 is 12.0 Å². The normalized spacial score (nSPS) is 14.7. The second-order valence-corrected chi connectivity index (χ2v) is 7.91. The highest BCUT2D eigenvalue weighted by Gasteiger charge is 2.39. The van der Waals surface area contributed by atoms with Gasteiger partial charge in [-0.25, -0.2) is 9.78 Å². The van der Waals surface area contributed by atoms with E-state index in [4.69, 9.17) is 21.6 Å². The first-order valence-corrected chi connectivity index (χ1v) is 11.0. The van der Waals surface area contributed by atoms with Gasteiger partial charge in [0.1, 0.15) is 24.3 Å². The number of nitrogens with zero attached hydrogens (tertiary/aromatic N) is 4. The number of nitrogen functional groups attached to an aromatic ring is 1. The molecule has 0 bridgehead atoms. The van der Waals surface area contributed by atoms with Gasteiger partial charge in [0.2, 0.25) is 5.91 Å². The maximum absolute atomic E-state index is 13.6. The second kappa shape index (κ2) is 12.2. The van der Waals surface area contributed by atoms with Crippen LogP contribution in [0, 0.1) is 18.4 Å². The highest BCUT2D eigenvalue weighted by atomic mass is 19.1. The van der Waals surface area contributed by atoms with Gasteiger partial charge in [0.15, 0.2) is 17.1 Å². The minimum absolute atomic E-state index is 0.0540. The maximum atomic E-state index is 13.6. The first-order chi connectivity index (χ1) is 16.2. The van der Waals surface area contributed by atoms with Crippen molar-refractivity contribution < 1.29 is 28.6 Å². The molecule has 3 atom stereocenters. The van der Waals surface area contributed by atoms with Crippen LogP contribution in [0.1, 0.15) is 46.0 Å². The Hall–Kier alpha value is -3.30. The lowest BCUT2D eigenvalue weighted by molar-refractivity contribution is -0.160. The summed E-state index contributed by atoms with van der Waals surface area (Å²) in [5, 5.41) is 13.4. The third-order valence-corrected chi connectivity index (χ3v) is 5.40. The highest BCUT2D eigenvalue weighted by Crippen LogP contribution is 2.21. The Bertz CT molecular complexity index is 1040. The van der Waals surface area contributed by atoms with Gasteiger partial charge in [-0.15, -0.1) is 6.42 Å². The Morgan fingerprint density at radius 1 is 1.38 bits per heavy atom. The van der Waals surface area contributed by atoms with Gasteiger partial charge in [-0.2, -0.15) is 14.4 Å². The summed E-state index contributed by atoms with van der Waals surface area (Å²) in [6.45, 7) is 2.86. The molecule has 2 aromatic heterocycles. The van der Waals surface area contributed by atoms with Crippen LogP contribution in [0.15, 0.2) is 6.33 Å². The lowest BCUT2D eigenvalue weighted by atomic mass is 9.98. The van der Waals surface area contributed by atoms with E-state index in [0.29, 0.717) is 6.42 Å². The van der Waals surface area contributed by atoms with Crippen LogP contribution in [0.4, 0.5) is 10.2 Å². The van der Waals surface area contributed by atoms with Gasteiger partial charge in [0.25, 0.3) is 0 Å². The lowest BCUT2D eigenvalue weighted by Gasteiger charge is -2.32. The third-order valence-electron chi connectivity index (χ3n) is 5.40. The third kappa shape index (κ3) is 6.61. The molecule has 0 aliphatic heterocycles. The van der Waals surface area contributed by atoms with Crippen molar-refractivity contribution in [3.63, 3.8) is 0 Å². The molecular weight excluding hydrogens is 447 g/mol. The van der Waals surface area contributed by atoms with Gasteiger partial charge in [-0.1, -0.05) is 32.1 Å². The fraction of sp³-hybridized carbons (Fsp3) is 0.591. The van der Waals surface area contributed by atoms with Crippen LogP contribution in [-0.4, -0.2) is 68.0 Å². The molecule has 0 aromatic carbocycles. The van der Waals surface area contributed by atoms with Crippen LogP contribution in [0.5, 0.6) is 0 Å². The number of aliphatic hydroxyl groups excluding tert-OH is 1. The number of fused-ring (bicyclic) bond motifs is 1. The zero-order valence-electron chi connectivity index (χ0n) is 19.6. The number of carbonyl (C=O) groups excluding carboxylic acids is 2. The number of halogens is 1. The van der Waals surface area contributed by atoms with Crippen LogP contribution in [0.3, 0.4) is 0 Å². The minimum atomic E-state index is -1.73. The summed E-state index contributed by atoms with van der Waals surface area (Å²) >= 11 is 0. The van der Waals surface area contributed by atoms with E-state index in [0.717, 1.165) is 25.7 Å². The minimum Gasteiger partial charge on any atom is -0.460 e. The Balaban J connectivity index is 2.01. The number of carbonyl (C=O) groups is 2. The van der Waals surface area contributed by atoms with E-state index >= 15 is 0 Å². The van der Waals surface area contributed by atoms with Crippen LogP contribution < -0.4 is 11.1 Å². The van der Waals surface area contributed by atoms with E-state index in [1.54, 1.807) is 0 Å². The number of aliphatic hydroxyl groups is 1. The number of imidazole rings is 1. The molecule has 2 heterocycles. The van der Waals surface area contributed by atoms with E-state index in [1.807, 2.05) is 0 Å². The molecule has 34 heavy (non-hydrogen) atoms. The quantitative estimate of drug-likeness (QED) is 0.165. The zero-order chi connectivity index (χ0) is 25.3. The average molecular weight is 479 g/mol.